The summed E-state index contributed by atoms with van der Waals surface area (Å²) in [6.45, 7) is 0.457. The third-order valence-electron chi connectivity index (χ3n) is 4.35. The second-order valence-corrected chi connectivity index (χ2v) is 6.67. The minimum absolute atomic E-state index is 0.0938. The molecule has 1 unspecified atom stereocenters. The number of hydrogen-bond acceptors (Lipinski definition) is 4. The van der Waals surface area contributed by atoms with Gasteiger partial charge in [-0.25, -0.2) is 4.79 Å². The lowest BCUT2D eigenvalue weighted by Crippen LogP contribution is -2.32. The lowest BCUT2D eigenvalue weighted by Gasteiger charge is -2.33. The van der Waals surface area contributed by atoms with Gasteiger partial charge in [0.25, 0.3) is 0 Å². The second kappa shape index (κ2) is 5.74. The molecule has 1 saturated carbocycles. The molecule has 1 aromatic heterocycles. The molecule has 0 aromatic carbocycles. The Kier molecular flexibility index (Phi) is 3.98. The third-order valence-corrected chi connectivity index (χ3v) is 5.24. The molecule has 20 heavy (non-hydrogen) atoms. The summed E-state index contributed by atoms with van der Waals surface area (Å²) in [6, 6.07) is 1.72. The highest BCUT2D eigenvalue weighted by atomic mass is 32.1. The Morgan fingerprint density at radius 3 is 2.95 bits per heavy atom. The van der Waals surface area contributed by atoms with Crippen molar-refractivity contribution in [1.82, 2.24) is 0 Å². The number of carboxylic acid groups (broad SMARTS) is 1. The van der Waals surface area contributed by atoms with Crippen molar-refractivity contribution in [3.63, 3.8) is 0 Å². The Balaban J connectivity index is 1.54. The van der Waals surface area contributed by atoms with Crippen molar-refractivity contribution in [3.05, 3.63) is 16.3 Å². The van der Waals surface area contributed by atoms with Gasteiger partial charge in [-0.3, -0.25) is 0 Å². The molecule has 110 valence electrons. The Morgan fingerprint density at radius 1 is 1.40 bits per heavy atom. The molecule has 2 fully saturated rings. The van der Waals surface area contributed by atoms with E-state index < -0.39 is 5.97 Å². The van der Waals surface area contributed by atoms with E-state index in [4.69, 9.17) is 14.6 Å². The van der Waals surface area contributed by atoms with Crippen LogP contribution in [0.25, 0.3) is 0 Å². The maximum Gasteiger partial charge on any atom is 0.349 e. The number of thiophene rings is 1. The van der Waals surface area contributed by atoms with Gasteiger partial charge in [-0.05, 0) is 37.1 Å². The minimum atomic E-state index is -0.925. The van der Waals surface area contributed by atoms with Gasteiger partial charge in [0, 0.05) is 0 Å². The molecule has 1 atom stereocenters. The monoisotopic (exact) mass is 296 g/mol. The molecule has 0 radical (unpaired) electrons. The Labute approximate surface area is 122 Å². The van der Waals surface area contributed by atoms with Gasteiger partial charge in [-0.1, -0.05) is 19.3 Å². The van der Waals surface area contributed by atoms with Gasteiger partial charge < -0.3 is 14.6 Å². The van der Waals surface area contributed by atoms with E-state index in [1.165, 1.54) is 43.4 Å². The van der Waals surface area contributed by atoms with Crippen LogP contribution in [0.4, 0.5) is 0 Å². The number of carboxylic acids is 1. The van der Waals surface area contributed by atoms with E-state index in [0.29, 0.717) is 12.4 Å². The molecular formula is C15H20O4S. The fraction of sp³-hybridized carbons (Fsp3) is 0.667. The molecule has 1 aliphatic carbocycles. The topological polar surface area (TPSA) is 55.8 Å². The predicted molar refractivity (Wildman–Crippen MR) is 76.7 cm³/mol. The van der Waals surface area contributed by atoms with Crippen molar-refractivity contribution in [2.75, 3.05) is 6.61 Å². The molecule has 2 heterocycles. The van der Waals surface area contributed by atoms with Crippen LogP contribution in [0.5, 0.6) is 5.75 Å². The summed E-state index contributed by atoms with van der Waals surface area (Å²) < 4.78 is 11.9. The predicted octanol–water partition coefficient (Wildman–Crippen LogP) is 3.71. The summed E-state index contributed by atoms with van der Waals surface area (Å²) in [4.78, 5) is 11.3. The average molecular weight is 296 g/mol. The molecule has 0 bridgehead atoms. The highest BCUT2D eigenvalue weighted by Crippen LogP contribution is 2.42. The molecule has 5 heteroatoms. The van der Waals surface area contributed by atoms with E-state index in [0.717, 1.165) is 12.8 Å². The largest absolute Gasteiger partial charge is 0.489 e. The molecule has 1 aliphatic heterocycles. The van der Waals surface area contributed by atoms with Gasteiger partial charge in [-0.15, -0.1) is 11.3 Å². The van der Waals surface area contributed by atoms with Gasteiger partial charge in [-0.2, -0.15) is 0 Å². The van der Waals surface area contributed by atoms with Crippen LogP contribution in [0.1, 0.15) is 54.6 Å². The Morgan fingerprint density at radius 2 is 2.20 bits per heavy atom. The molecule has 1 N–H and O–H groups in total. The van der Waals surface area contributed by atoms with Gasteiger partial charge in [0.2, 0.25) is 0 Å². The zero-order valence-corrected chi connectivity index (χ0v) is 12.3. The van der Waals surface area contributed by atoms with Crippen LogP contribution >= 0.6 is 11.3 Å². The van der Waals surface area contributed by atoms with Crippen molar-refractivity contribution in [3.8, 4) is 5.75 Å². The van der Waals surface area contributed by atoms with E-state index in [1.54, 1.807) is 11.4 Å². The van der Waals surface area contributed by atoms with Gasteiger partial charge >= 0.3 is 5.97 Å². The molecule has 3 rings (SSSR count). The van der Waals surface area contributed by atoms with Crippen LogP contribution in [-0.2, 0) is 4.74 Å². The summed E-state index contributed by atoms with van der Waals surface area (Å²) in [5, 5.41) is 10.8. The second-order valence-electron chi connectivity index (χ2n) is 5.75. The highest BCUT2D eigenvalue weighted by Gasteiger charge is 2.41. The standard InChI is InChI=1S/C15H20O4S/c16-14(17)13-12(5-9-20-13)18-10-11-4-8-15(19-11)6-2-1-3-7-15/h5,9,11H,1-4,6-8,10H2,(H,16,17). The first-order chi connectivity index (χ1) is 9.69. The summed E-state index contributed by atoms with van der Waals surface area (Å²) in [5.74, 6) is -0.457. The molecule has 1 aromatic rings. The first-order valence-corrected chi connectivity index (χ1v) is 8.18. The van der Waals surface area contributed by atoms with Crippen LogP contribution in [0, 0.1) is 0 Å². The van der Waals surface area contributed by atoms with E-state index in [-0.39, 0.29) is 16.6 Å². The van der Waals surface area contributed by atoms with Crippen molar-refractivity contribution in [2.24, 2.45) is 0 Å². The van der Waals surface area contributed by atoms with Crippen LogP contribution in [0.3, 0.4) is 0 Å². The highest BCUT2D eigenvalue weighted by molar-refractivity contribution is 7.12. The van der Waals surface area contributed by atoms with Crippen molar-refractivity contribution >= 4 is 17.3 Å². The first kappa shape index (κ1) is 13.9. The molecular weight excluding hydrogens is 276 g/mol. The third kappa shape index (κ3) is 2.83. The number of hydrogen-bond donors (Lipinski definition) is 1. The lowest BCUT2D eigenvalue weighted by molar-refractivity contribution is -0.0749. The maximum absolute atomic E-state index is 11.0. The zero-order valence-electron chi connectivity index (χ0n) is 11.5. The number of rotatable bonds is 4. The van der Waals surface area contributed by atoms with E-state index >= 15 is 0 Å². The normalized spacial score (nSPS) is 24.9. The van der Waals surface area contributed by atoms with E-state index in [9.17, 15) is 4.79 Å². The molecule has 0 amide bonds. The average Bonchev–Trinajstić information content (AvgIpc) is 3.05. The zero-order chi connectivity index (χ0) is 14.0. The molecule has 4 nitrogen and oxygen atoms in total. The van der Waals surface area contributed by atoms with Crippen LogP contribution in [0.2, 0.25) is 0 Å². The molecule has 1 spiro atoms. The quantitative estimate of drug-likeness (QED) is 0.920. The number of aromatic carboxylic acids is 1. The number of carbonyl (C=O) groups is 1. The van der Waals surface area contributed by atoms with E-state index in [2.05, 4.69) is 0 Å². The van der Waals surface area contributed by atoms with E-state index in [1.807, 2.05) is 0 Å². The fourth-order valence-corrected chi connectivity index (χ4v) is 4.00. The molecule has 1 saturated heterocycles. The Hall–Kier alpha value is -1.07. The first-order valence-electron chi connectivity index (χ1n) is 7.30. The SMILES string of the molecule is O=C(O)c1sccc1OCC1CCC2(CCCCC2)O1. The number of ether oxygens (including phenoxy) is 2. The molecule has 2 aliphatic rings. The van der Waals surface area contributed by atoms with Crippen molar-refractivity contribution in [2.45, 2.75) is 56.7 Å². The fourth-order valence-electron chi connectivity index (χ4n) is 3.33. The van der Waals surface area contributed by atoms with Gasteiger partial charge in [0.15, 0.2) is 4.88 Å². The van der Waals surface area contributed by atoms with Gasteiger partial charge in [0.05, 0.1) is 11.7 Å². The summed E-state index contributed by atoms with van der Waals surface area (Å²) in [6.07, 6.45) is 8.44. The summed E-state index contributed by atoms with van der Waals surface area (Å²) >= 11 is 1.20. The minimum Gasteiger partial charge on any atom is -0.489 e. The summed E-state index contributed by atoms with van der Waals surface area (Å²) in [5.41, 5.74) is 0.0938. The summed E-state index contributed by atoms with van der Waals surface area (Å²) in [7, 11) is 0. The van der Waals surface area contributed by atoms with Gasteiger partial charge in [0.1, 0.15) is 12.4 Å². The maximum atomic E-state index is 11.0. The Bertz CT molecular complexity index is 476. The van der Waals surface area contributed by atoms with Crippen LogP contribution in [-0.4, -0.2) is 29.4 Å². The lowest BCUT2D eigenvalue weighted by atomic mass is 9.83. The van der Waals surface area contributed by atoms with Crippen LogP contribution in [0.15, 0.2) is 11.4 Å². The van der Waals surface area contributed by atoms with Crippen molar-refractivity contribution < 1.29 is 19.4 Å². The van der Waals surface area contributed by atoms with Crippen LogP contribution < -0.4 is 4.74 Å². The smallest absolute Gasteiger partial charge is 0.349 e. The van der Waals surface area contributed by atoms with Crippen molar-refractivity contribution in [1.29, 1.82) is 0 Å².